The fourth-order valence-corrected chi connectivity index (χ4v) is 1.80. The van der Waals surface area contributed by atoms with Crippen molar-refractivity contribution in [3.8, 4) is 6.07 Å². The molecule has 0 N–H and O–H groups in total. The van der Waals surface area contributed by atoms with Crippen molar-refractivity contribution in [3.05, 3.63) is 39.7 Å². The highest BCUT2D eigenvalue weighted by atomic mass is 19.1. The molecule has 0 radical (unpaired) electrons. The minimum atomic E-state index is -0.534. The van der Waals surface area contributed by atoms with Gasteiger partial charge in [-0.15, -0.1) is 0 Å². The Morgan fingerprint density at radius 2 is 2.25 bits per heavy atom. The molecule has 0 aliphatic rings. The van der Waals surface area contributed by atoms with E-state index in [0.717, 1.165) is 18.2 Å². The van der Waals surface area contributed by atoms with Crippen molar-refractivity contribution in [2.24, 2.45) is 0 Å². The monoisotopic (exact) mass is 281 g/mol. The van der Waals surface area contributed by atoms with Crippen LogP contribution in [0.2, 0.25) is 0 Å². The Morgan fingerprint density at radius 3 is 2.85 bits per heavy atom. The van der Waals surface area contributed by atoms with Crippen LogP contribution in [0.1, 0.15) is 12.0 Å². The van der Waals surface area contributed by atoms with Crippen LogP contribution in [0.5, 0.6) is 0 Å². The fraction of sp³-hybridized carbons (Fsp3) is 0.462. The first-order valence-electron chi connectivity index (χ1n) is 6.09. The van der Waals surface area contributed by atoms with Gasteiger partial charge >= 0.3 is 0 Å². The number of ether oxygens (including phenoxy) is 1. The third-order valence-electron chi connectivity index (χ3n) is 2.78. The summed E-state index contributed by atoms with van der Waals surface area (Å²) < 4.78 is 18.2. The summed E-state index contributed by atoms with van der Waals surface area (Å²) in [4.78, 5) is 12.2. The molecular formula is C13H16FN3O3. The maximum atomic E-state index is 13.2. The van der Waals surface area contributed by atoms with Gasteiger partial charge in [0.05, 0.1) is 17.6 Å². The molecule has 1 rings (SSSR count). The zero-order chi connectivity index (χ0) is 15.0. The lowest BCUT2D eigenvalue weighted by Gasteiger charge is -2.20. The van der Waals surface area contributed by atoms with E-state index in [-0.39, 0.29) is 12.2 Å². The van der Waals surface area contributed by atoms with E-state index >= 15 is 0 Å². The van der Waals surface area contributed by atoms with E-state index in [1.54, 1.807) is 7.11 Å². The Kier molecular flexibility index (Phi) is 6.56. The largest absolute Gasteiger partial charge is 0.383 e. The zero-order valence-corrected chi connectivity index (χ0v) is 11.2. The van der Waals surface area contributed by atoms with Crippen molar-refractivity contribution in [1.82, 2.24) is 4.90 Å². The van der Waals surface area contributed by atoms with E-state index in [1.165, 1.54) is 0 Å². The molecule has 0 atom stereocenters. The number of rotatable bonds is 8. The molecule has 0 saturated heterocycles. The number of nitriles is 1. The number of nitro groups is 1. The highest BCUT2D eigenvalue weighted by Crippen LogP contribution is 2.21. The first-order valence-corrected chi connectivity index (χ1v) is 6.09. The number of methoxy groups -OCH3 is 1. The zero-order valence-electron chi connectivity index (χ0n) is 11.2. The highest BCUT2D eigenvalue weighted by Gasteiger charge is 2.17. The van der Waals surface area contributed by atoms with Gasteiger partial charge in [0.2, 0.25) is 0 Å². The molecule has 7 heteroatoms. The second kappa shape index (κ2) is 8.19. The standard InChI is InChI=1S/C13H16FN3O3/c1-20-8-7-16(6-2-5-15)10-11-9-12(14)3-4-13(11)17(18)19/h3-4,9H,2,6-8,10H2,1H3. The Labute approximate surface area is 116 Å². The van der Waals surface area contributed by atoms with E-state index in [9.17, 15) is 14.5 Å². The molecule has 0 fully saturated rings. The molecule has 1 aromatic carbocycles. The molecule has 20 heavy (non-hydrogen) atoms. The average molecular weight is 281 g/mol. The minimum absolute atomic E-state index is 0.120. The number of nitro benzene ring substituents is 1. The lowest BCUT2D eigenvalue weighted by Crippen LogP contribution is -2.28. The second-order valence-electron chi connectivity index (χ2n) is 4.21. The van der Waals surface area contributed by atoms with Crippen molar-refractivity contribution in [2.45, 2.75) is 13.0 Å². The van der Waals surface area contributed by atoms with Gasteiger partial charge in [0.15, 0.2) is 0 Å². The topological polar surface area (TPSA) is 79.4 Å². The molecule has 0 aliphatic heterocycles. The lowest BCUT2D eigenvalue weighted by molar-refractivity contribution is -0.385. The third-order valence-corrected chi connectivity index (χ3v) is 2.78. The molecule has 6 nitrogen and oxygen atoms in total. The summed E-state index contributed by atoms with van der Waals surface area (Å²) in [5.74, 6) is -0.516. The van der Waals surface area contributed by atoms with E-state index in [4.69, 9.17) is 10.00 Å². The van der Waals surface area contributed by atoms with Crippen LogP contribution in [0, 0.1) is 27.3 Å². The van der Waals surface area contributed by atoms with Crippen LogP contribution in [0.4, 0.5) is 10.1 Å². The minimum Gasteiger partial charge on any atom is -0.383 e. The molecule has 0 saturated carbocycles. The number of nitrogens with zero attached hydrogens (tertiary/aromatic N) is 3. The molecule has 0 aliphatic carbocycles. The molecule has 0 heterocycles. The van der Waals surface area contributed by atoms with Crippen LogP contribution in [-0.4, -0.2) is 36.6 Å². The maximum Gasteiger partial charge on any atom is 0.274 e. The number of hydrogen-bond acceptors (Lipinski definition) is 5. The number of hydrogen-bond donors (Lipinski definition) is 0. The predicted octanol–water partition coefficient (Wildman–Crippen LogP) is 2.10. The van der Waals surface area contributed by atoms with Gasteiger partial charge in [0.25, 0.3) is 5.69 Å². The maximum absolute atomic E-state index is 13.2. The summed E-state index contributed by atoms with van der Waals surface area (Å²) in [6, 6.07) is 5.40. The first-order chi connectivity index (χ1) is 9.58. The van der Waals surface area contributed by atoms with E-state index < -0.39 is 10.7 Å². The molecule has 0 unspecified atom stereocenters. The second-order valence-corrected chi connectivity index (χ2v) is 4.21. The van der Waals surface area contributed by atoms with Gasteiger partial charge in [0, 0.05) is 44.8 Å². The van der Waals surface area contributed by atoms with E-state index in [2.05, 4.69) is 0 Å². The molecule has 0 amide bonds. The summed E-state index contributed by atoms with van der Waals surface area (Å²) in [6.07, 6.45) is 0.298. The number of halogens is 1. The summed E-state index contributed by atoms with van der Waals surface area (Å²) >= 11 is 0. The SMILES string of the molecule is COCCN(CCC#N)Cc1cc(F)ccc1[N+](=O)[O-]. The average Bonchev–Trinajstić information content (AvgIpc) is 2.41. The highest BCUT2D eigenvalue weighted by molar-refractivity contribution is 5.40. The first kappa shape index (κ1) is 16.0. The van der Waals surface area contributed by atoms with Crippen molar-refractivity contribution >= 4 is 5.69 Å². The van der Waals surface area contributed by atoms with E-state index in [1.807, 2.05) is 11.0 Å². The summed E-state index contributed by atoms with van der Waals surface area (Å²) in [7, 11) is 1.55. The summed E-state index contributed by atoms with van der Waals surface area (Å²) in [5, 5.41) is 19.5. The summed E-state index contributed by atoms with van der Waals surface area (Å²) in [5.41, 5.74) is 0.176. The fourth-order valence-electron chi connectivity index (χ4n) is 1.80. The molecule has 0 aromatic heterocycles. The van der Waals surface area contributed by atoms with Crippen LogP contribution in [0.15, 0.2) is 18.2 Å². The predicted molar refractivity (Wildman–Crippen MR) is 70.4 cm³/mol. The van der Waals surface area contributed by atoms with Crippen LogP contribution in [-0.2, 0) is 11.3 Å². The Balaban J connectivity index is 2.88. The lowest BCUT2D eigenvalue weighted by atomic mass is 10.1. The van der Waals surface area contributed by atoms with Crippen LogP contribution in [0.25, 0.3) is 0 Å². The number of benzene rings is 1. The van der Waals surface area contributed by atoms with Gasteiger partial charge in [-0.2, -0.15) is 5.26 Å². The smallest absolute Gasteiger partial charge is 0.274 e. The van der Waals surface area contributed by atoms with Gasteiger partial charge in [-0.25, -0.2) is 4.39 Å². The van der Waals surface area contributed by atoms with Crippen molar-refractivity contribution in [2.75, 3.05) is 26.8 Å². The van der Waals surface area contributed by atoms with Gasteiger partial charge in [-0.1, -0.05) is 0 Å². The quantitative estimate of drug-likeness (QED) is 0.538. The van der Waals surface area contributed by atoms with E-state index in [0.29, 0.717) is 31.7 Å². The van der Waals surface area contributed by atoms with Crippen LogP contribution >= 0.6 is 0 Å². The van der Waals surface area contributed by atoms with Gasteiger partial charge in [0.1, 0.15) is 5.82 Å². The molecular weight excluding hydrogens is 265 g/mol. The molecule has 0 bridgehead atoms. The summed E-state index contributed by atoms with van der Waals surface area (Å²) in [6.45, 7) is 1.62. The Hall–Kier alpha value is -2.04. The van der Waals surface area contributed by atoms with Gasteiger partial charge in [-0.3, -0.25) is 15.0 Å². The van der Waals surface area contributed by atoms with Crippen molar-refractivity contribution in [3.63, 3.8) is 0 Å². The van der Waals surface area contributed by atoms with Crippen molar-refractivity contribution in [1.29, 1.82) is 5.26 Å². The van der Waals surface area contributed by atoms with Gasteiger partial charge in [-0.05, 0) is 12.1 Å². The van der Waals surface area contributed by atoms with Crippen LogP contribution in [0.3, 0.4) is 0 Å². The molecule has 108 valence electrons. The molecule has 1 aromatic rings. The van der Waals surface area contributed by atoms with Gasteiger partial charge < -0.3 is 4.74 Å². The Bertz CT molecular complexity index is 502. The Morgan fingerprint density at radius 1 is 1.50 bits per heavy atom. The van der Waals surface area contributed by atoms with Crippen molar-refractivity contribution < 1.29 is 14.1 Å². The van der Waals surface area contributed by atoms with Crippen LogP contribution < -0.4 is 0 Å². The normalized spacial score (nSPS) is 10.5. The third kappa shape index (κ3) is 4.91. The molecule has 0 spiro atoms.